The number of likely N-dealkylation sites (tertiary alicyclic amines) is 1. The lowest BCUT2D eigenvalue weighted by atomic mass is 10.0. The van der Waals surface area contributed by atoms with Gasteiger partial charge in [-0.05, 0) is 31.0 Å². The molecule has 1 N–H and O–H groups in total. The molecule has 5 nitrogen and oxygen atoms in total. The number of nitro groups is 1. The molecule has 2 unspecified atom stereocenters. The van der Waals surface area contributed by atoms with Crippen LogP contribution in [-0.4, -0.2) is 36.0 Å². The van der Waals surface area contributed by atoms with E-state index in [-0.39, 0.29) is 10.6 Å². The molecule has 2 fully saturated rings. The summed E-state index contributed by atoms with van der Waals surface area (Å²) in [5.41, 5.74) is 0.768. The maximum absolute atomic E-state index is 11.1. The maximum atomic E-state index is 11.1. The molecule has 2 aliphatic heterocycles. The molecule has 2 aliphatic rings. The minimum Gasteiger partial charge on any atom is -0.316 e. The second-order valence-corrected chi connectivity index (χ2v) is 5.77. The summed E-state index contributed by atoms with van der Waals surface area (Å²) >= 11 is 6.13. The van der Waals surface area contributed by atoms with Crippen LogP contribution in [0.15, 0.2) is 18.2 Å². The van der Waals surface area contributed by atoms with Crippen LogP contribution in [0.1, 0.15) is 5.56 Å². The zero-order valence-corrected chi connectivity index (χ0v) is 11.3. The third-order valence-corrected chi connectivity index (χ3v) is 4.49. The van der Waals surface area contributed by atoms with E-state index in [1.54, 1.807) is 12.1 Å². The molecule has 2 heterocycles. The van der Waals surface area contributed by atoms with Crippen LogP contribution in [-0.2, 0) is 6.54 Å². The van der Waals surface area contributed by atoms with Gasteiger partial charge in [-0.15, -0.1) is 0 Å². The molecule has 0 aliphatic carbocycles. The van der Waals surface area contributed by atoms with Crippen molar-refractivity contribution in [1.29, 1.82) is 0 Å². The van der Waals surface area contributed by atoms with Crippen LogP contribution in [0.5, 0.6) is 0 Å². The van der Waals surface area contributed by atoms with Crippen LogP contribution in [0.2, 0.25) is 5.02 Å². The summed E-state index contributed by atoms with van der Waals surface area (Å²) in [5, 5.41) is 14.9. The van der Waals surface area contributed by atoms with Crippen molar-refractivity contribution in [2.24, 2.45) is 11.8 Å². The molecule has 102 valence electrons. The minimum absolute atomic E-state index is 0.127. The van der Waals surface area contributed by atoms with Crippen molar-refractivity contribution in [3.63, 3.8) is 0 Å². The fourth-order valence-electron chi connectivity index (χ4n) is 3.18. The van der Waals surface area contributed by atoms with E-state index in [2.05, 4.69) is 10.2 Å². The number of nitrogens with one attached hydrogen (secondary N) is 1. The summed E-state index contributed by atoms with van der Waals surface area (Å²) in [6.45, 7) is 4.70. The summed E-state index contributed by atoms with van der Waals surface area (Å²) in [6, 6.07) is 4.88. The zero-order chi connectivity index (χ0) is 13.4. The summed E-state index contributed by atoms with van der Waals surface area (Å²) in [4.78, 5) is 13.0. The van der Waals surface area contributed by atoms with E-state index < -0.39 is 0 Å². The summed E-state index contributed by atoms with van der Waals surface area (Å²) in [6.07, 6.45) is 0. The van der Waals surface area contributed by atoms with Crippen LogP contribution >= 0.6 is 11.6 Å². The average Bonchev–Trinajstić information content (AvgIpc) is 2.92. The summed E-state index contributed by atoms with van der Waals surface area (Å²) in [7, 11) is 0. The molecule has 0 radical (unpaired) electrons. The SMILES string of the molecule is O=[N+]([O-])c1cccc(Cl)c1CN1CC2CNCC2C1. The Bertz CT molecular complexity index is 497. The highest BCUT2D eigenvalue weighted by Gasteiger charge is 2.36. The highest BCUT2D eigenvalue weighted by atomic mass is 35.5. The van der Waals surface area contributed by atoms with Crippen molar-refractivity contribution in [3.8, 4) is 0 Å². The Morgan fingerprint density at radius 3 is 2.68 bits per heavy atom. The van der Waals surface area contributed by atoms with E-state index >= 15 is 0 Å². The molecule has 3 rings (SSSR count). The van der Waals surface area contributed by atoms with E-state index in [9.17, 15) is 10.1 Å². The van der Waals surface area contributed by atoms with Crippen LogP contribution < -0.4 is 5.32 Å². The van der Waals surface area contributed by atoms with Gasteiger partial charge in [-0.1, -0.05) is 17.7 Å². The lowest BCUT2D eigenvalue weighted by Crippen LogP contribution is -2.25. The third kappa shape index (κ3) is 2.45. The zero-order valence-electron chi connectivity index (χ0n) is 10.5. The highest BCUT2D eigenvalue weighted by molar-refractivity contribution is 6.31. The van der Waals surface area contributed by atoms with Crippen molar-refractivity contribution >= 4 is 17.3 Å². The molecule has 19 heavy (non-hydrogen) atoms. The monoisotopic (exact) mass is 281 g/mol. The largest absolute Gasteiger partial charge is 0.316 e. The van der Waals surface area contributed by atoms with Crippen molar-refractivity contribution in [1.82, 2.24) is 10.2 Å². The summed E-state index contributed by atoms with van der Waals surface area (Å²) < 4.78 is 0. The fraction of sp³-hybridized carbons (Fsp3) is 0.538. The quantitative estimate of drug-likeness (QED) is 0.679. The topological polar surface area (TPSA) is 58.4 Å². The van der Waals surface area contributed by atoms with Crippen LogP contribution in [0.4, 0.5) is 5.69 Å². The van der Waals surface area contributed by atoms with Crippen LogP contribution in [0, 0.1) is 22.0 Å². The van der Waals surface area contributed by atoms with E-state index in [0.29, 0.717) is 29.0 Å². The second kappa shape index (κ2) is 5.07. The molecule has 0 amide bonds. The molecule has 6 heteroatoms. The Morgan fingerprint density at radius 2 is 2.05 bits per heavy atom. The number of benzene rings is 1. The molecule has 0 aromatic heterocycles. The van der Waals surface area contributed by atoms with Gasteiger partial charge in [0, 0.05) is 25.7 Å². The first-order valence-corrected chi connectivity index (χ1v) is 6.88. The fourth-order valence-corrected chi connectivity index (χ4v) is 3.41. The smallest absolute Gasteiger partial charge is 0.275 e. The Morgan fingerprint density at radius 1 is 1.37 bits per heavy atom. The van der Waals surface area contributed by atoms with E-state index in [0.717, 1.165) is 26.2 Å². The molecule has 0 saturated carbocycles. The standard InChI is InChI=1S/C13H16ClN3O2/c14-12-2-1-3-13(17(18)19)11(12)8-16-6-9-4-15-5-10(9)7-16/h1-3,9-10,15H,4-8H2. The van der Waals surface area contributed by atoms with Crippen LogP contribution in [0.3, 0.4) is 0 Å². The van der Waals surface area contributed by atoms with Crippen LogP contribution in [0.25, 0.3) is 0 Å². The van der Waals surface area contributed by atoms with Gasteiger partial charge in [0.1, 0.15) is 0 Å². The molecule has 0 spiro atoms. The van der Waals surface area contributed by atoms with Crippen molar-refractivity contribution in [3.05, 3.63) is 38.9 Å². The van der Waals surface area contributed by atoms with Gasteiger partial charge in [0.15, 0.2) is 0 Å². The molecule has 2 atom stereocenters. The molecule has 0 bridgehead atoms. The van der Waals surface area contributed by atoms with Gasteiger partial charge in [-0.25, -0.2) is 0 Å². The van der Waals surface area contributed by atoms with Gasteiger partial charge >= 0.3 is 0 Å². The number of halogens is 1. The first kappa shape index (κ1) is 12.8. The van der Waals surface area contributed by atoms with Gasteiger partial charge < -0.3 is 5.32 Å². The lowest BCUT2D eigenvalue weighted by Gasteiger charge is -2.17. The van der Waals surface area contributed by atoms with Crippen molar-refractivity contribution in [2.75, 3.05) is 26.2 Å². The average molecular weight is 282 g/mol. The Hall–Kier alpha value is -1.17. The number of rotatable bonds is 3. The summed E-state index contributed by atoms with van der Waals surface area (Å²) in [5.74, 6) is 1.36. The normalized spacial score (nSPS) is 26.6. The Kier molecular flexibility index (Phi) is 3.43. The van der Waals surface area contributed by atoms with Gasteiger partial charge in [0.05, 0.1) is 15.5 Å². The molecule has 1 aromatic rings. The number of nitro benzene ring substituents is 1. The Labute approximate surface area is 116 Å². The van der Waals surface area contributed by atoms with Gasteiger partial charge in [0.2, 0.25) is 0 Å². The third-order valence-electron chi connectivity index (χ3n) is 4.14. The molecule has 2 saturated heterocycles. The van der Waals surface area contributed by atoms with Crippen molar-refractivity contribution in [2.45, 2.75) is 6.54 Å². The highest BCUT2D eigenvalue weighted by Crippen LogP contribution is 2.32. The molecule has 1 aromatic carbocycles. The second-order valence-electron chi connectivity index (χ2n) is 5.37. The number of hydrogen-bond acceptors (Lipinski definition) is 4. The lowest BCUT2D eigenvalue weighted by molar-refractivity contribution is -0.385. The predicted octanol–water partition coefficient (Wildman–Crippen LogP) is 1.90. The molecular weight excluding hydrogens is 266 g/mol. The number of fused-ring (bicyclic) bond motifs is 1. The Balaban J connectivity index is 1.78. The molecular formula is C13H16ClN3O2. The van der Waals surface area contributed by atoms with Crippen molar-refractivity contribution < 1.29 is 4.92 Å². The van der Waals surface area contributed by atoms with E-state index in [1.807, 2.05) is 0 Å². The van der Waals surface area contributed by atoms with E-state index in [4.69, 9.17) is 11.6 Å². The number of nitrogens with zero attached hydrogens (tertiary/aromatic N) is 2. The predicted molar refractivity (Wildman–Crippen MR) is 73.2 cm³/mol. The van der Waals surface area contributed by atoms with E-state index in [1.165, 1.54) is 6.07 Å². The van der Waals surface area contributed by atoms with Gasteiger partial charge in [-0.3, -0.25) is 15.0 Å². The number of hydrogen-bond donors (Lipinski definition) is 1. The van der Waals surface area contributed by atoms with Gasteiger partial charge in [-0.2, -0.15) is 0 Å². The maximum Gasteiger partial charge on any atom is 0.275 e. The first-order chi connectivity index (χ1) is 9.15. The first-order valence-electron chi connectivity index (χ1n) is 6.50. The van der Waals surface area contributed by atoms with Gasteiger partial charge in [0.25, 0.3) is 5.69 Å². The minimum atomic E-state index is -0.348.